The van der Waals surface area contributed by atoms with Crippen LogP contribution in [0.15, 0.2) is 479 Å². The van der Waals surface area contributed by atoms with E-state index in [0.717, 1.165) is 0 Å². The Morgan fingerprint density at radius 1 is 0.148 bits per heavy atom. The average Bonchev–Trinajstić information content (AvgIpc) is 1.32. The lowest BCUT2D eigenvalue weighted by atomic mass is 9.67. The highest BCUT2D eigenvalue weighted by Gasteiger charge is 2.52. The molecule has 0 heteroatoms. The molecule has 0 heterocycles. The molecule has 618 valence electrons. The second kappa shape index (κ2) is 37.0. The van der Waals surface area contributed by atoms with Gasteiger partial charge in [0.15, 0.2) is 0 Å². The molecule has 0 aromatic heterocycles. The van der Waals surface area contributed by atoms with Gasteiger partial charge >= 0.3 is 0 Å². The molecule has 0 unspecified atom stereocenters. The van der Waals surface area contributed by atoms with Crippen LogP contribution in [0.4, 0.5) is 0 Å². The van der Waals surface area contributed by atoms with Crippen molar-refractivity contribution in [3.63, 3.8) is 0 Å². The molecular weight excluding hydrogens is 1540 g/mol. The SMILES string of the molecule is Cc1ccc(-c2ccc3ccccc3c2)cc1.Cc1ccc(-c2cccc3ccccc23)cc1.Cc1ccc2c(c1)C(C)(C)c1ccccc1-2.Cc1ccc2c(c1)C(c1ccccc1)(c1ccccc1)c1ccccc1-2.Cc1ccc2c(c1)C1(c3ccccc3-c3ccccc31)c1ccccc1-2.Cc1cccc(-c2ccccc2)c1.Cc1ccccc1-c1ccccc1. The van der Waals surface area contributed by atoms with Crippen LogP contribution in [0.3, 0.4) is 0 Å². The Hall–Kier alpha value is -15.1. The molecule has 0 nitrogen and oxygen atoms in total. The number of aryl methyl sites for hydroxylation is 7. The van der Waals surface area contributed by atoms with E-state index in [0.29, 0.717) is 0 Å². The summed E-state index contributed by atoms with van der Waals surface area (Å²) in [5, 5.41) is 5.21. The summed E-state index contributed by atoms with van der Waals surface area (Å²) in [6.07, 6.45) is 0. The molecule has 0 atom stereocenters. The van der Waals surface area contributed by atoms with Crippen molar-refractivity contribution in [2.24, 2.45) is 0 Å². The number of benzene rings is 20. The maximum Gasteiger partial charge on any atom is 0.0725 e. The van der Waals surface area contributed by atoms with Crippen LogP contribution >= 0.6 is 0 Å². The van der Waals surface area contributed by atoms with Gasteiger partial charge in [-0.25, -0.2) is 0 Å². The first-order valence-electron chi connectivity index (χ1n) is 44.9. The van der Waals surface area contributed by atoms with Gasteiger partial charge in [0.1, 0.15) is 0 Å². The minimum atomic E-state index is -0.263. The van der Waals surface area contributed by atoms with Crippen molar-refractivity contribution in [2.45, 2.75) is 78.6 Å². The van der Waals surface area contributed by atoms with Crippen LogP contribution in [-0.2, 0) is 16.2 Å². The first-order chi connectivity index (χ1) is 62.6. The molecule has 0 saturated heterocycles. The van der Waals surface area contributed by atoms with Crippen LogP contribution in [0.2, 0.25) is 0 Å². The summed E-state index contributed by atoms with van der Waals surface area (Å²) in [7, 11) is 0. The zero-order valence-electron chi connectivity index (χ0n) is 74.6. The quantitative estimate of drug-likeness (QED) is 0.156. The largest absolute Gasteiger partial charge is 0.0725 e. The minimum Gasteiger partial charge on any atom is -0.0622 e. The third-order valence-corrected chi connectivity index (χ3v) is 26.1. The van der Waals surface area contributed by atoms with Crippen molar-refractivity contribution in [1.82, 2.24) is 0 Å². The summed E-state index contributed by atoms with van der Waals surface area (Å²) >= 11 is 0. The Labute approximate surface area is 757 Å². The molecule has 0 saturated carbocycles. The summed E-state index contributed by atoms with van der Waals surface area (Å²) in [4.78, 5) is 0. The van der Waals surface area contributed by atoms with Gasteiger partial charge in [-0.05, 0) is 226 Å². The Balaban J connectivity index is 0.000000103. The van der Waals surface area contributed by atoms with Crippen LogP contribution in [0.25, 0.3) is 111 Å². The van der Waals surface area contributed by atoms with Crippen molar-refractivity contribution in [3.8, 4) is 89.0 Å². The molecule has 0 fully saturated rings. The smallest absolute Gasteiger partial charge is 0.0622 e. The fourth-order valence-electron chi connectivity index (χ4n) is 19.9. The van der Waals surface area contributed by atoms with Gasteiger partial charge in [0.2, 0.25) is 0 Å². The predicted octanol–water partition coefficient (Wildman–Crippen LogP) is 34.0. The van der Waals surface area contributed by atoms with E-state index in [9.17, 15) is 0 Å². The molecule has 4 aliphatic carbocycles. The monoisotopic (exact) mass is 1640 g/mol. The van der Waals surface area contributed by atoms with E-state index in [1.807, 2.05) is 12.1 Å². The topological polar surface area (TPSA) is 0 Å². The Morgan fingerprint density at radius 3 is 0.961 bits per heavy atom. The maximum atomic E-state index is 2.40. The average molecular weight is 1640 g/mol. The second-order valence-electron chi connectivity index (χ2n) is 35.0. The van der Waals surface area contributed by atoms with E-state index in [2.05, 4.69) is 529 Å². The molecule has 20 aromatic carbocycles. The Bertz CT molecular complexity index is 7100. The van der Waals surface area contributed by atoms with Gasteiger partial charge in [0.05, 0.1) is 10.8 Å². The van der Waals surface area contributed by atoms with Gasteiger partial charge in [0, 0.05) is 5.41 Å². The van der Waals surface area contributed by atoms with E-state index in [4.69, 9.17) is 0 Å². The summed E-state index contributed by atoms with van der Waals surface area (Å²) in [6, 6.07) is 172. The molecule has 0 N–H and O–H groups in total. The van der Waals surface area contributed by atoms with Crippen LogP contribution in [0, 0.1) is 48.5 Å². The number of fused-ring (bicyclic) bond motifs is 18. The molecular formula is C128H106. The molecule has 24 rings (SSSR count). The molecule has 0 aliphatic heterocycles. The fraction of sp³-hybridized carbons (Fsp3) is 0.0938. The second-order valence-corrected chi connectivity index (χ2v) is 35.0. The summed E-state index contributed by atoms with van der Waals surface area (Å²) in [5.41, 5.74) is 44.2. The van der Waals surface area contributed by atoms with E-state index in [1.165, 1.54) is 205 Å². The molecule has 1 spiro atoms. The van der Waals surface area contributed by atoms with Gasteiger partial charge in [-0.3, -0.25) is 0 Å². The first kappa shape index (κ1) is 83.8. The summed E-state index contributed by atoms with van der Waals surface area (Å²) in [5.74, 6) is 0. The van der Waals surface area contributed by atoms with Crippen LogP contribution < -0.4 is 0 Å². The Kier molecular flexibility index (Phi) is 24.2. The highest BCUT2D eigenvalue weighted by molar-refractivity contribution is 5.98. The number of hydrogen-bond acceptors (Lipinski definition) is 0. The third-order valence-electron chi connectivity index (χ3n) is 26.1. The zero-order chi connectivity index (χ0) is 87.7. The third kappa shape index (κ3) is 16.5. The molecule has 0 amide bonds. The highest BCUT2D eigenvalue weighted by Crippen LogP contribution is 2.63. The van der Waals surface area contributed by atoms with E-state index >= 15 is 0 Å². The van der Waals surface area contributed by atoms with Gasteiger partial charge in [-0.1, -0.05) is 520 Å². The zero-order valence-corrected chi connectivity index (χ0v) is 74.6. The van der Waals surface area contributed by atoms with Crippen molar-refractivity contribution in [3.05, 3.63) is 574 Å². The molecule has 0 radical (unpaired) electrons. The predicted molar refractivity (Wildman–Crippen MR) is 546 cm³/mol. The molecule has 4 aliphatic rings. The van der Waals surface area contributed by atoms with Gasteiger partial charge in [-0.2, -0.15) is 0 Å². The standard InChI is InChI=1S/C26H18.C26H20.2C17H14.C16H16.2C13H12/c1-17-14-15-21-20-10-4-7-13-24(20)26(25(21)16-17)22-11-5-2-8-18(22)19-9-3-6-12-23(19)26;1-19-16-17-23-22-14-8-9-15-24(22)26(25(23)18-19,20-10-4-2-5-11-20)21-12-6-3-7-13-21;1-13-9-11-15(12-10-13)17-8-4-6-14-5-2-3-7-16(14)17;1-13-6-8-15(9-7-13)17-11-10-14-4-2-3-5-16(14)12-17;1-11-8-9-13-12-6-4-5-7-14(12)16(2,3)15(13)10-11;1-11-7-5-6-10-13(11)12-8-3-2-4-9-12;1-11-6-5-9-13(10-11)12-7-3-2-4-8-12/h2-16H,1H3;2-18H,1H3;2*2-12H,1H3;4-10H,1-3H3;2*2-10H,1H3. The van der Waals surface area contributed by atoms with Crippen molar-refractivity contribution in [1.29, 1.82) is 0 Å². The number of hydrogen-bond donors (Lipinski definition) is 0. The number of rotatable bonds is 6. The van der Waals surface area contributed by atoms with Gasteiger partial charge < -0.3 is 0 Å². The lowest BCUT2D eigenvalue weighted by molar-refractivity contribution is 0.660. The first-order valence-corrected chi connectivity index (χ1v) is 44.9. The minimum absolute atomic E-state index is 0.151. The molecule has 0 bridgehead atoms. The van der Waals surface area contributed by atoms with Crippen LogP contribution in [0.5, 0.6) is 0 Å². The van der Waals surface area contributed by atoms with E-state index in [1.54, 1.807) is 0 Å². The molecule has 128 heavy (non-hydrogen) atoms. The van der Waals surface area contributed by atoms with E-state index < -0.39 is 0 Å². The normalized spacial score (nSPS) is 12.6. The molecule has 20 aromatic rings. The van der Waals surface area contributed by atoms with Gasteiger partial charge in [0.25, 0.3) is 0 Å². The van der Waals surface area contributed by atoms with Gasteiger partial charge in [-0.15, -0.1) is 0 Å². The maximum absolute atomic E-state index is 2.40. The lowest BCUT2D eigenvalue weighted by Crippen LogP contribution is -2.28. The highest BCUT2D eigenvalue weighted by atomic mass is 14.5. The lowest BCUT2D eigenvalue weighted by Gasteiger charge is -2.34. The van der Waals surface area contributed by atoms with Crippen molar-refractivity contribution in [2.75, 3.05) is 0 Å². The summed E-state index contributed by atoms with van der Waals surface area (Å²) in [6.45, 7) is 19.7. The van der Waals surface area contributed by atoms with Crippen LogP contribution in [-0.4, -0.2) is 0 Å². The van der Waals surface area contributed by atoms with Crippen molar-refractivity contribution >= 4 is 21.5 Å². The van der Waals surface area contributed by atoms with Crippen LogP contribution in [0.1, 0.15) is 108 Å². The summed E-state index contributed by atoms with van der Waals surface area (Å²) < 4.78 is 0. The van der Waals surface area contributed by atoms with Crippen molar-refractivity contribution < 1.29 is 0 Å². The fourth-order valence-corrected chi connectivity index (χ4v) is 19.9. The van der Waals surface area contributed by atoms with E-state index in [-0.39, 0.29) is 16.2 Å². The Morgan fingerprint density at radius 2 is 0.453 bits per heavy atom.